The van der Waals surface area contributed by atoms with Crippen molar-refractivity contribution in [3.05, 3.63) is 52.0 Å². The first-order chi connectivity index (χ1) is 9.76. The van der Waals surface area contributed by atoms with Gasteiger partial charge in [0.1, 0.15) is 16.9 Å². The van der Waals surface area contributed by atoms with Crippen molar-refractivity contribution in [1.29, 1.82) is 5.26 Å². The predicted octanol–water partition coefficient (Wildman–Crippen LogP) is 3.48. The number of anilines is 1. The van der Waals surface area contributed by atoms with Gasteiger partial charge in [-0.2, -0.15) is 5.26 Å². The van der Waals surface area contributed by atoms with Gasteiger partial charge in [0.2, 0.25) is 0 Å². The van der Waals surface area contributed by atoms with Crippen LogP contribution in [0.4, 0.5) is 5.82 Å². The number of fused-ring (bicyclic) bond motifs is 1. The molecule has 0 aliphatic heterocycles. The smallest absolute Gasteiger partial charge is 0.145 e. The Morgan fingerprint density at radius 2 is 2.20 bits per heavy atom. The number of hydrogen-bond donors (Lipinski definition) is 1. The van der Waals surface area contributed by atoms with Crippen molar-refractivity contribution in [2.45, 2.75) is 13.5 Å². The first-order valence-electron chi connectivity index (χ1n) is 6.21. The molecule has 0 unspecified atom stereocenters. The molecule has 0 saturated heterocycles. The number of nitriles is 1. The Kier molecular flexibility index (Phi) is 3.32. The number of nitrogens with zero attached hydrogens (tertiary/aromatic N) is 3. The number of thiazole rings is 1. The van der Waals surface area contributed by atoms with E-state index in [2.05, 4.69) is 21.4 Å². The number of aromatic nitrogens is 2. The molecule has 5 heteroatoms. The number of aryl methyl sites for hydroxylation is 1. The zero-order chi connectivity index (χ0) is 13.9. The lowest BCUT2D eigenvalue weighted by Gasteiger charge is -2.07. The van der Waals surface area contributed by atoms with E-state index in [9.17, 15) is 5.26 Å². The molecule has 0 atom stereocenters. The van der Waals surface area contributed by atoms with Gasteiger partial charge in [0.05, 0.1) is 17.6 Å². The first kappa shape index (κ1) is 12.6. The molecule has 20 heavy (non-hydrogen) atoms. The van der Waals surface area contributed by atoms with Gasteiger partial charge in [-0.1, -0.05) is 18.2 Å². The van der Waals surface area contributed by atoms with Crippen molar-refractivity contribution in [2.75, 3.05) is 5.32 Å². The van der Waals surface area contributed by atoms with Crippen molar-refractivity contribution in [3.8, 4) is 6.07 Å². The van der Waals surface area contributed by atoms with Crippen molar-refractivity contribution < 1.29 is 0 Å². The summed E-state index contributed by atoms with van der Waals surface area (Å²) in [6, 6.07) is 11.8. The lowest BCUT2D eigenvalue weighted by molar-refractivity contribution is 1.08. The van der Waals surface area contributed by atoms with Crippen LogP contribution in [0.1, 0.15) is 15.4 Å². The van der Waals surface area contributed by atoms with Gasteiger partial charge in [0.25, 0.3) is 0 Å². The average molecular weight is 280 g/mol. The van der Waals surface area contributed by atoms with Crippen LogP contribution in [0.3, 0.4) is 0 Å². The molecule has 2 heterocycles. The second-order valence-electron chi connectivity index (χ2n) is 4.41. The Hall–Kier alpha value is -2.45. The largest absolute Gasteiger partial charge is 0.362 e. The van der Waals surface area contributed by atoms with Crippen LogP contribution in [0.2, 0.25) is 0 Å². The zero-order valence-electron chi connectivity index (χ0n) is 10.9. The fourth-order valence-electron chi connectivity index (χ4n) is 1.98. The van der Waals surface area contributed by atoms with Crippen LogP contribution in [0.5, 0.6) is 0 Å². The van der Waals surface area contributed by atoms with Crippen LogP contribution >= 0.6 is 11.3 Å². The molecule has 3 aromatic rings. The molecule has 0 bridgehead atoms. The molecule has 98 valence electrons. The maximum absolute atomic E-state index is 9.24. The van der Waals surface area contributed by atoms with Gasteiger partial charge in [0.15, 0.2) is 0 Å². The molecule has 0 spiro atoms. The third-order valence-electron chi connectivity index (χ3n) is 2.92. The highest BCUT2D eigenvalue weighted by Gasteiger charge is 2.07. The molecule has 3 rings (SSSR count). The molecule has 2 aromatic heterocycles. The standard InChI is InChI=1S/C15H12N4S/c1-10-8-17-14(20-10)9-18-15-12(7-16)6-11-4-2-3-5-13(11)19-15/h2-6,8H,9H2,1H3,(H,18,19). The van der Waals surface area contributed by atoms with Crippen molar-refractivity contribution in [2.24, 2.45) is 0 Å². The van der Waals surface area contributed by atoms with E-state index in [1.54, 1.807) is 11.3 Å². The van der Waals surface area contributed by atoms with E-state index in [0.717, 1.165) is 15.9 Å². The molecule has 0 saturated carbocycles. The summed E-state index contributed by atoms with van der Waals surface area (Å²) in [5.41, 5.74) is 1.43. The van der Waals surface area contributed by atoms with E-state index >= 15 is 0 Å². The summed E-state index contributed by atoms with van der Waals surface area (Å²) in [5.74, 6) is 0.610. The normalized spacial score (nSPS) is 10.4. The minimum absolute atomic E-state index is 0.553. The Morgan fingerprint density at radius 3 is 2.95 bits per heavy atom. The zero-order valence-corrected chi connectivity index (χ0v) is 11.7. The number of nitrogens with one attached hydrogen (secondary N) is 1. The molecule has 0 aliphatic rings. The highest BCUT2D eigenvalue weighted by atomic mass is 32.1. The third-order valence-corrected chi connectivity index (χ3v) is 3.83. The van der Waals surface area contributed by atoms with Crippen LogP contribution in [0.15, 0.2) is 36.5 Å². The maximum Gasteiger partial charge on any atom is 0.145 e. The van der Waals surface area contributed by atoms with Crippen molar-refractivity contribution >= 4 is 28.1 Å². The molecule has 0 radical (unpaired) electrons. The molecule has 0 amide bonds. The maximum atomic E-state index is 9.24. The highest BCUT2D eigenvalue weighted by molar-refractivity contribution is 7.11. The topological polar surface area (TPSA) is 61.6 Å². The SMILES string of the molecule is Cc1cnc(CNc2nc3ccccc3cc2C#N)s1. The summed E-state index contributed by atoms with van der Waals surface area (Å²) >= 11 is 1.64. The van der Waals surface area contributed by atoms with Crippen LogP contribution < -0.4 is 5.32 Å². The molecule has 4 nitrogen and oxygen atoms in total. The summed E-state index contributed by atoms with van der Waals surface area (Å²) < 4.78 is 0. The first-order valence-corrected chi connectivity index (χ1v) is 7.03. The number of benzene rings is 1. The van der Waals surface area contributed by atoms with Crippen molar-refractivity contribution in [1.82, 2.24) is 9.97 Å². The highest BCUT2D eigenvalue weighted by Crippen LogP contribution is 2.21. The summed E-state index contributed by atoms with van der Waals surface area (Å²) in [6.07, 6.45) is 1.85. The lowest BCUT2D eigenvalue weighted by atomic mass is 10.1. The number of para-hydroxylation sites is 1. The van der Waals surface area contributed by atoms with E-state index in [1.807, 2.05) is 43.5 Å². The average Bonchev–Trinajstić information content (AvgIpc) is 2.89. The second kappa shape index (κ2) is 5.27. The van der Waals surface area contributed by atoms with Crippen LogP contribution in [0.25, 0.3) is 10.9 Å². The van der Waals surface area contributed by atoms with E-state index in [4.69, 9.17) is 0 Å². The van der Waals surface area contributed by atoms with E-state index in [-0.39, 0.29) is 0 Å². The Labute approximate surface area is 120 Å². The monoisotopic (exact) mass is 280 g/mol. The van der Waals surface area contributed by atoms with Gasteiger partial charge >= 0.3 is 0 Å². The van der Waals surface area contributed by atoms with E-state index in [1.165, 1.54) is 4.88 Å². The van der Waals surface area contributed by atoms with Crippen LogP contribution in [0, 0.1) is 18.3 Å². The summed E-state index contributed by atoms with van der Waals surface area (Å²) in [5, 5.41) is 14.4. The summed E-state index contributed by atoms with van der Waals surface area (Å²) in [7, 11) is 0. The fraction of sp³-hybridized carbons (Fsp3) is 0.133. The van der Waals surface area contributed by atoms with Crippen LogP contribution in [-0.2, 0) is 6.54 Å². The summed E-state index contributed by atoms with van der Waals surface area (Å²) in [4.78, 5) is 9.98. The molecule has 1 aromatic carbocycles. The van der Waals surface area contributed by atoms with E-state index in [0.29, 0.717) is 17.9 Å². The van der Waals surface area contributed by atoms with Crippen molar-refractivity contribution in [3.63, 3.8) is 0 Å². The van der Waals surface area contributed by atoms with E-state index < -0.39 is 0 Å². The van der Waals surface area contributed by atoms with Gasteiger partial charge in [-0.3, -0.25) is 0 Å². The summed E-state index contributed by atoms with van der Waals surface area (Å²) in [6.45, 7) is 2.61. The number of rotatable bonds is 3. The van der Waals surface area contributed by atoms with Gasteiger partial charge in [-0.25, -0.2) is 9.97 Å². The number of hydrogen-bond acceptors (Lipinski definition) is 5. The number of pyridine rings is 1. The quantitative estimate of drug-likeness (QED) is 0.797. The fourth-order valence-corrected chi connectivity index (χ4v) is 2.71. The molecular weight excluding hydrogens is 268 g/mol. The Bertz CT molecular complexity index is 801. The Balaban J connectivity index is 1.92. The van der Waals surface area contributed by atoms with Gasteiger partial charge in [0, 0.05) is 16.5 Å². The molecule has 0 aliphatic carbocycles. The second-order valence-corrected chi connectivity index (χ2v) is 5.73. The molecule has 1 N–H and O–H groups in total. The molecule has 0 fully saturated rings. The molecular formula is C15H12N4S. The minimum atomic E-state index is 0.553. The van der Waals surface area contributed by atoms with Gasteiger partial charge in [-0.05, 0) is 19.1 Å². The van der Waals surface area contributed by atoms with Gasteiger partial charge < -0.3 is 5.32 Å². The minimum Gasteiger partial charge on any atom is -0.362 e. The predicted molar refractivity (Wildman–Crippen MR) is 80.6 cm³/mol. The lowest BCUT2D eigenvalue weighted by Crippen LogP contribution is -2.03. The Morgan fingerprint density at radius 1 is 1.35 bits per heavy atom. The van der Waals surface area contributed by atoms with Crippen LogP contribution in [-0.4, -0.2) is 9.97 Å². The van der Waals surface area contributed by atoms with Gasteiger partial charge in [-0.15, -0.1) is 11.3 Å². The third kappa shape index (κ3) is 2.46.